The number of rotatable bonds is 8. The largest absolute Gasteiger partial charge is 0.462 e. The molecule has 0 spiro atoms. The molecular weight excluding hydrogens is 234 g/mol. The number of unbranched alkanes of at least 4 members (excludes halogenated alkanes) is 1. The fourth-order valence-electron chi connectivity index (χ4n) is 1.32. The summed E-state index contributed by atoms with van der Waals surface area (Å²) < 4.78 is 4.92. The Morgan fingerprint density at radius 3 is 2.22 bits per heavy atom. The summed E-state index contributed by atoms with van der Waals surface area (Å²) >= 11 is 0. The van der Waals surface area contributed by atoms with Gasteiger partial charge in [0.05, 0.1) is 6.61 Å². The van der Waals surface area contributed by atoms with Gasteiger partial charge in [0, 0.05) is 25.6 Å². The van der Waals surface area contributed by atoms with Crippen molar-refractivity contribution in [2.45, 2.75) is 33.6 Å². The summed E-state index contributed by atoms with van der Waals surface area (Å²) in [5.41, 5.74) is 0.372. The number of nitrogens with zero attached hydrogens (tertiary/aromatic N) is 1. The molecule has 0 radical (unpaired) electrons. The maximum Gasteiger partial charge on any atom is 0.333 e. The van der Waals surface area contributed by atoms with Crippen molar-refractivity contribution in [3.05, 3.63) is 12.2 Å². The van der Waals surface area contributed by atoms with Crippen LogP contribution in [0.2, 0.25) is 0 Å². The minimum atomic E-state index is -0.462. The molecule has 0 heterocycles. The van der Waals surface area contributed by atoms with Crippen molar-refractivity contribution >= 4 is 17.7 Å². The van der Waals surface area contributed by atoms with E-state index in [-0.39, 0.29) is 0 Å². The van der Waals surface area contributed by atoms with E-state index in [4.69, 9.17) is 4.74 Å². The first kappa shape index (κ1) is 16.4. The summed E-state index contributed by atoms with van der Waals surface area (Å²) in [5, 5.41) is 0. The molecule has 5 nitrogen and oxygen atoms in total. The van der Waals surface area contributed by atoms with Gasteiger partial charge < -0.3 is 9.64 Å². The summed E-state index contributed by atoms with van der Waals surface area (Å²) in [4.78, 5) is 34.9. The van der Waals surface area contributed by atoms with Gasteiger partial charge in [-0.2, -0.15) is 0 Å². The number of amides is 1. The van der Waals surface area contributed by atoms with Gasteiger partial charge in [-0.05, 0) is 26.7 Å². The van der Waals surface area contributed by atoms with Gasteiger partial charge in [-0.25, -0.2) is 4.79 Å². The molecule has 0 unspecified atom stereocenters. The van der Waals surface area contributed by atoms with Crippen LogP contribution in [0.1, 0.15) is 33.6 Å². The van der Waals surface area contributed by atoms with Crippen molar-refractivity contribution in [1.82, 2.24) is 4.90 Å². The van der Waals surface area contributed by atoms with Crippen LogP contribution in [0.4, 0.5) is 0 Å². The van der Waals surface area contributed by atoms with Crippen LogP contribution in [0.3, 0.4) is 0 Å². The highest BCUT2D eigenvalue weighted by Crippen LogP contribution is 1.99. The van der Waals surface area contributed by atoms with Crippen LogP contribution in [0.5, 0.6) is 0 Å². The fraction of sp³-hybridized carbons (Fsp3) is 0.615. The maximum atomic E-state index is 11.4. The number of ether oxygens (including phenoxy) is 1. The van der Waals surface area contributed by atoms with Crippen molar-refractivity contribution in [3.63, 3.8) is 0 Å². The zero-order valence-corrected chi connectivity index (χ0v) is 11.3. The number of hydrogen-bond donors (Lipinski definition) is 0. The van der Waals surface area contributed by atoms with Gasteiger partial charge in [0.25, 0.3) is 5.91 Å². The van der Waals surface area contributed by atoms with Crippen molar-refractivity contribution in [3.8, 4) is 0 Å². The van der Waals surface area contributed by atoms with E-state index in [1.165, 1.54) is 11.8 Å². The van der Waals surface area contributed by atoms with E-state index in [0.29, 0.717) is 38.1 Å². The summed E-state index contributed by atoms with van der Waals surface area (Å²) in [5.74, 6) is -1.32. The quantitative estimate of drug-likeness (QED) is 0.284. The lowest BCUT2D eigenvalue weighted by atomic mass is 10.2. The Hall–Kier alpha value is -1.65. The molecule has 18 heavy (non-hydrogen) atoms. The van der Waals surface area contributed by atoms with Gasteiger partial charge in [-0.1, -0.05) is 6.58 Å². The van der Waals surface area contributed by atoms with Crippen LogP contribution in [-0.4, -0.2) is 42.3 Å². The first-order valence-corrected chi connectivity index (χ1v) is 6.02. The molecule has 0 fully saturated rings. The molecule has 0 saturated carbocycles. The van der Waals surface area contributed by atoms with Gasteiger partial charge in [0.15, 0.2) is 0 Å². The van der Waals surface area contributed by atoms with E-state index in [0.717, 1.165) is 0 Å². The Labute approximate surface area is 108 Å². The Balaban J connectivity index is 3.82. The third kappa shape index (κ3) is 6.18. The van der Waals surface area contributed by atoms with Crippen molar-refractivity contribution < 1.29 is 19.1 Å². The molecule has 0 aliphatic rings. The second kappa shape index (κ2) is 8.44. The summed E-state index contributed by atoms with van der Waals surface area (Å²) in [6, 6.07) is 0. The van der Waals surface area contributed by atoms with Crippen LogP contribution < -0.4 is 0 Å². The number of likely N-dealkylation sites (N-methyl/N-ethyl adjacent to an activating group) is 1. The highest BCUT2D eigenvalue weighted by Gasteiger charge is 2.15. The lowest BCUT2D eigenvalue weighted by Gasteiger charge is -2.19. The SMILES string of the molecule is C=C(C)C(=O)OCCCCN(CC)C(=O)C(C)=O. The normalized spacial score (nSPS) is 9.72. The molecule has 0 rings (SSSR count). The highest BCUT2D eigenvalue weighted by atomic mass is 16.5. The van der Waals surface area contributed by atoms with E-state index in [1.807, 2.05) is 6.92 Å². The van der Waals surface area contributed by atoms with Gasteiger partial charge >= 0.3 is 5.97 Å². The average Bonchev–Trinajstić information content (AvgIpc) is 2.32. The molecule has 0 aliphatic heterocycles. The standard InChI is InChI=1S/C13H21NO4/c1-5-14(12(16)11(4)15)8-6-7-9-18-13(17)10(2)3/h2,5-9H2,1,3-4H3. The van der Waals surface area contributed by atoms with Crippen LogP contribution in [0.25, 0.3) is 0 Å². The minimum absolute atomic E-state index is 0.303. The first-order chi connectivity index (χ1) is 8.40. The molecule has 0 atom stereocenters. The zero-order chi connectivity index (χ0) is 14.1. The van der Waals surface area contributed by atoms with E-state index in [1.54, 1.807) is 6.92 Å². The van der Waals surface area contributed by atoms with Crippen molar-refractivity contribution in [2.24, 2.45) is 0 Å². The molecule has 0 aromatic rings. The molecule has 0 aromatic carbocycles. The fourth-order valence-corrected chi connectivity index (χ4v) is 1.32. The predicted octanol–water partition coefficient (Wildman–Crippen LogP) is 1.32. The topological polar surface area (TPSA) is 63.7 Å². The highest BCUT2D eigenvalue weighted by molar-refractivity contribution is 6.35. The van der Waals surface area contributed by atoms with Gasteiger partial charge in [-0.3, -0.25) is 9.59 Å². The van der Waals surface area contributed by atoms with Crippen molar-refractivity contribution in [2.75, 3.05) is 19.7 Å². The molecule has 0 bridgehead atoms. The lowest BCUT2D eigenvalue weighted by molar-refractivity contribution is -0.143. The molecular formula is C13H21NO4. The molecule has 1 amide bonds. The van der Waals surface area contributed by atoms with E-state index in [2.05, 4.69) is 6.58 Å². The van der Waals surface area contributed by atoms with Crippen LogP contribution in [0, 0.1) is 0 Å². The number of carbonyl (C=O) groups excluding carboxylic acids is 3. The average molecular weight is 255 g/mol. The summed E-state index contributed by atoms with van der Waals surface area (Å²) in [6.45, 7) is 9.45. The Morgan fingerprint density at radius 2 is 1.78 bits per heavy atom. The Morgan fingerprint density at radius 1 is 1.17 bits per heavy atom. The third-order valence-corrected chi connectivity index (χ3v) is 2.37. The molecule has 5 heteroatoms. The van der Waals surface area contributed by atoms with E-state index >= 15 is 0 Å². The maximum absolute atomic E-state index is 11.4. The van der Waals surface area contributed by atoms with E-state index in [9.17, 15) is 14.4 Å². The Bertz CT molecular complexity index is 336. The molecule has 102 valence electrons. The number of hydrogen-bond acceptors (Lipinski definition) is 4. The number of esters is 1. The van der Waals surface area contributed by atoms with Crippen molar-refractivity contribution in [1.29, 1.82) is 0 Å². The van der Waals surface area contributed by atoms with Crippen LogP contribution >= 0.6 is 0 Å². The van der Waals surface area contributed by atoms with Gasteiger partial charge in [0.1, 0.15) is 0 Å². The van der Waals surface area contributed by atoms with Gasteiger partial charge in [-0.15, -0.1) is 0 Å². The molecule has 0 aromatic heterocycles. The number of ketones is 1. The summed E-state index contributed by atoms with van der Waals surface area (Å²) in [7, 11) is 0. The monoisotopic (exact) mass is 255 g/mol. The van der Waals surface area contributed by atoms with E-state index < -0.39 is 17.7 Å². The van der Waals surface area contributed by atoms with Crippen LogP contribution in [-0.2, 0) is 19.1 Å². The molecule has 0 N–H and O–H groups in total. The van der Waals surface area contributed by atoms with Gasteiger partial charge in [0.2, 0.25) is 5.78 Å². The first-order valence-electron chi connectivity index (χ1n) is 6.02. The second-order valence-corrected chi connectivity index (χ2v) is 4.06. The number of carbonyl (C=O) groups is 3. The predicted molar refractivity (Wildman–Crippen MR) is 67.9 cm³/mol. The third-order valence-electron chi connectivity index (χ3n) is 2.37. The van der Waals surface area contributed by atoms with Crippen LogP contribution in [0.15, 0.2) is 12.2 Å². The minimum Gasteiger partial charge on any atom is -0.462 e. The Kier molecular flexibility index (Phi) is 7.67. The second-order valence-electron chi connectivity index (χ2n) is 4.06. The zero-order valence-electron chi connectivity index (χ0n) is 11.3. The summed E-state index contributed by atoms with van der Waals surface area (Å²) in [6.07, 6.45) is 1.34. The molecule has 0 aliphatic carbocycles. The smallest absolute Gasteiger partial charge is 0.333 e. The molecule has 0 saturated heterocycles. The number of Topliss-reactive ketones (excluding diaryl/α,β-unsaturated/α-hetero) is 1. The lowest BCUT2D eigenvalue weighted by Crippen LogP contribution is -2.36.